The zero-order valence-corrected chi connectivity index (χ0v) is 11.8. The molecule has 0 aliphatic heterocycles. The lowest BCUT2D eigenvalue weighted by Crippen LogP contribution is -2.19. The molecule has 2 aromatic rings. The van der Waals surface area contributed by atoms with Gasteiger partial charge in [0, 0.05) is 35.3 Å². The summed E-state index contributed by atoms with van der Waals surface area (Å²) in [7, 11) is 4.14. The van der Waals surface area contributed by atoms with Gasteiger partial charge in [-0.2, -0.15) is 0 Å². The normalized spacial score (nSPS) is 11.2. The Morgan fingerprint density at radius 1 is 1.50 bits per heavy atom. The molecule has 2 aromatic heterocycles. The molecular formula is C11H14BrN3S. The first-order valence-corrected chi connectivity index (χ1v) is 6.70. The van der Waals surface area contributed by atoms with E-state index in [4.69, 9.17) is 0 Å². The van der Waals surface area contributed by atoms with E-state index in [-0.39, 0.29) is 0 Å². The topological polar surface area (TPSA) is 21.1 Å². The smallest absolute Gasteiger partial charge is 0.122 e. The number of aryl methyl sites for hydroxylation is 1. The van der Waals surface area contributed by atoms with Gasteiger partial charge in [-0.3, -0.25) is 4.90 Å². The predicted octanol–water partition coefficient (Wildman–Crippen LogP) is 2.88. The van der Waals surface area contributed by atoms with E-state index in [1.807, 2.05) is 19.4 Å². The molecule has 0 aliphatic carbocycles. The minimum absolute atomic E-state index is 0.869. The molecule has 0 fully saturated rings. The van der Waals surface area contributed by atoms with Crippen molar-refractivity contribution in [1.82, 2.24) is 14.5 Å². The van der Waals surface area contributed by atoms with Crippen LogP contribution in [0.1, 0.15) is 10.7 Å². The number of hydrogen-bond donors (Lipinski definition) is 0. The van der Waals surface area contributed by atoms with Crippen LogP contribution >= 0.6 is 27.3 Å². The highest BCUT2D eigenvalue weighted by Gasteiger charge is 2.08. The van der Waals surface area contributed by atoms with Gasteiger partial charge in [0.25, 0.3) is 0 Å². The minimum Gasteiger partial charge on any atom is -0.337 e. The van der Waals surface area contributed by atoms with E-state index in [0.717, 1.165) is 18.9 Å². The first-order chi connectivity index (χ1) is 7.66. The molecule has 5 heteroatoms. The van der Waals surface area contributed by atoms with Crippen molar-refractivity contribution in [3.05, 3.63) is 39.0 Å². The van der Waals surface area contributed by atoms with Crippen molar-refractivity contribution in [3.8, 4) is 0 Å². The number of halogens is 1. The van der Waals surface area contributed by atoms with Crippen molar-refractivity contribution < 1.29 is 0 Å². The lowest BCUT2D eigenvalue weighted by atomic mass is 10.4. The molecule has 0 aromatic carbocycles. The molecule has 0 N–H and O–H groups in total. The second kappa shape index (κ2) is 5.12. The Bertz CT molecular complexity index is 421. The third kappa shape index (κ3) is 2.72. The fourth-order valence-electron chi connectivity index (χ4n) is 1.53. The predicted molar refractivity (Wildman–Crippen MR) is 70.4 cm³/mol. The van der Waals surface area contributed by atoms with E-state index in [1.165, 1.54) is 9.35 Å². The van der Waals surface area contributed by atoms with E-state index in [0.29, 0.717) is 0 Å². The quantitative estimate of drug-likeness (QED) is 0.866. The average molecular weight is 300 g/mol. The van der Waals surface area contributed by atoms with Gasteiger partial charge in [0.2, 0.25) is 0 Å². The molecule has 0 unspecified atom stereocenters. The minimum atomic E-state index is 0.869. The zero-order chi connectivity index (χ0) is 11.5. The lowest BCUT2D eigenvalue weighted by molar-refractivity contribution is 0.309. The van der Waals surface area contributed by atoms with Crippen LogP contribution in [0.25, 0.3) is 0 Å². The van der Waals surface area contributed by atoms with Crippen LogP contribution in [0.2, 0.25) is 0 Å². The Morgan fingerprint density at radius 2 is 2.31 bits per heavy atom. The van der Waals surface area contributed by atoms with Crippen molar-refractivity contribution in [2.75, 3.05) is 7.05 Å². The Morgan fingerprint density at radius 3 is 2.88 bits per heavy atom. The van der Waals surface area contributed by atoms with Crippen molar-refractivity contribution in [1.29, 1.82) is 0 Å². The van der Waals surface area contributed by atoms with Gasteiger partial charge in [0.15, 0.2) is 0 Å². The van der Waals surface area contributed by atoms with Gasteiger partial charge in [-0.1, -0.05) is 0 Å². The molecule has 2 heterocycles. The summed E-state index contributed by atoms with van der Waals surface area (Å²) in [6, 6.07) is 2.09. The van der Waals surface area contributed by atoms with Crippen LogP contribution in [0.15, 0.2) is 28.3 Å². The third-order valence-electron chi connectivity index (χ3n) is 2.44. The van der Waals surface area contributed by atoms with E-state index < -0.39 is 0 Å². The van der Waals surface area contributed by atoms with Crippen molar-refractivity contribution in [2.45, 2.75) is 13.1 Å². The van der Waals surface area contributed by atoms with E-state index in [9.17, 15) is 0 Å². The summed E-state index contributed by atoms with van der Waals surface area (Å²) in [6.07, 6.45) is 3.81. The molecule has 2 rings (SSSR count). The highest BCUT2D eigenvalue weighted by atomic mass is 79.9. The highest BCUT2D eigenvalue weighted by Crippen LogP contribution is 2.24. The fraction of sp³-hybridized carbons (Fsp3) is 0.364. The molecule has 0 aliphatic rings. The molecular weight excluding hydrogens is 286 g/mol. The fourth-order valence-corrected chi connectivity index (χ4v) is 3.09. The summed E-state index contributed by atoms with van der Waals surface area (Å²) in [5.41, 5.74) is 0. The second-order valence-electron chi connectivity index (χ2n) is 3.82. The maximum absolute atomic E-state index is 4.32. The van der Waals surface area contributed by atoms with Gasteiger partial charge >= 0.3 is 0 Å². The van der Waals surface area contributed by atoms with Crippen molar-refractivity contribution in [3.63, 3.8) is 0 Å². The van der Waals surface area contributed by atoms with Crippen LogP contribution in [-0.2, 0) is 20.1 Å². The lowest BCUT2D eigenvalue weighted by Gasteiger charge is -2.15. The summed E-state index contributed by atoms with van der Waals surface area (Å²) < 4.78 is 3.25. The average Bonchev–Trinajstić information content (AvgIpc) is 2.79. The number of aromatic nitrogens is 2. The summed E-state index contributed by atoms with van der Waals surface area (Å²) in [5, 5.41) is 2.11. The SMILES string of the molecule is CN(Cc1sccc1Br)Cc1nccn1C. The maximum atomic E-state index is 4.32. The summed E-state index contributed by atoms with van der Waals surface area (Å²) in [6.45, 7) is 1.82. The van der Waals surface area contributed by atoms with Gasteiger partial charge < -0.3 is 4.57 Å². The molecule has 0 saturated carbocycles. The van der Waals surface area contributed by atoms with Crippen LogP contribution < -0.4 is 0 Å². The van der Waals surface area contributed by atoms with Crippen LogP contribution in [0.4, 0.5) is 0 Å². The highest BCUT2D eigenvalue weighted by molar-refractivity contribution is 9.10. The molecule has 0 amide bonds. The molecule has 86 valence electrons. The number of nitrogens with zero attached hydrogens (tertiary/aromatic N) is 3. The van der Waals surface area contributed by atoms with E-state index in [1.54, 1.807) is 11.3 Å². The van der Waals surface area contributed by atoms with Crippen LogP contribution in [0.3, 0.4) is 0 Å². The maximum Gasteiger partial charge on any atom is 0.122 e. The van der Waals surface area contributed by atoms with Crippen molar-refractivity contribution in [2.24, 2.45) is 7.05 Å². The van der Waals surface area contributed by atoms with Gasteiger partial charge in [-0.05, 0) is 34.4 Å². The van der Waals surface area contributed by atoms with E-state index in [2.05, 4.69) is 48.9 Å². The second-order valence-corrected chi connectivity index (χ2v) is 5.67. The Kier molecular flexibility index (Phi) is 3.78. The van der Waals surface area contributed by atoms with Crippen LogP contribution in [-0.4, -0.2) is 21.5 Å². The molecule has 3 nitrogen and oxygen atoms in total. The van der Waals surface area contributed by atoms with E-state index >= 15 is 0 Å². The molecule has 0 spiro atoms. The van der Waals surface area contributed by atoms with Gasteiger partial charge in [-0.25, -0.2) is 4.98 Å². The van der Waals surface area contributed by atoms with Gasteiger partial charge in [0.1, 0.15) is 5.82 Å². The third-order valence-corrected chi connectivity index (χ3v) is 4.35. The first-order valence-electron chi connectivity index (χ1n) is 5.03. The Balaban J connectivity index is 1.97. The molecule has 16 heavy (non-hydrogen) atoms. The summed E-state index contributed by atoms with van der Waals surface area (Å²) in [4.78, 5) is 7.94. The number of rotatable bonds is 4. The van der Waals surface area contributed by atoms with Crippen LogP contribution in [0, 0.1) is 0 Å². The standard InChI is InChI=1S/C11H14BrN3S/c1-14(7-10-9(12)3-6-16-10)8-11-13-4-5-15(11)2/h3-6H,7-8H2,1-2H3. The monoisotopic (exact) mass is 299 g/mol. The zero-order valence-electron chi connectivity index (χ0n) is 9.35. The number of thiophene rings is 1. The number of hydrogen-bond acceptors (Lipinski definition) is 3. The van der Waals surface area contributed by atoms with Crippen LogP contribution in [0.5, 0.6) is 0 Å². The Hall–Kier alpha value is -0.650. The van der Waals surface area contributed by atoms with Crippen molar-refractivity contribution >= 4 is 27.3 Å². The van der Waals surface area contributed by atoms with Gasteiger partial charge in [-0.15, -0.1) is 11.3 Å². The summed E-state index contributed by atoms with van der Waals surface area (Å²) in [5.74, 6) is 1.09. The molecule has 0 saturated heterocycles. The molecule has 0 bridgehead atoms. The first kappa shape index (κ1) is 11.8. The Labute approximate surface area is 108 Å². The number of imidazole rings is 1. The molecule has 0 atom stereocenters. The molecule has 0 radical (unpaired) electrons. The summed E-state index contributed by atoms with van der Waals surface area (Å²) >= 11 is 5.33. The van der Waals surface area contributed by atoms with Gasteiger partial charge in [0.05, 0.1) is 6.54 Å². The largest absolute Gasteiger partial charge is 0.337 e.